The van der Waals surface area contributed by atoms with E-state index >= 15 is 0 Å². The molecule has 0 aromatic carbocycles. The molecule has 2 aliphatic carbocycles. The van der Waals surface area contributed by atoms with Crippen LogP contribution in [0.5, 0.6) is 0 Å². The Morgan fingerprint density at radius 1 is 1.07 bits per heavy atom. The maximum Gasteiger partial charge on any atom is 0.399 e. The first-order chi connectivity index (χ1) is 19.8. The van der Waals surface area contributed by atoms with Gasteiger partial charge in [-0.1, -0.05) is 11.7 Å². The van der Waals surface area contributed by atoms with Crippen molar-refractivity contribution in [3.05, 3.63) is 42.2 Å². The lowest BCUT2D eigenvalue weighted by molar-refractivity contribution is -0.0110. The topological polar surface area (TPSA) is 197 Å². The maximum absolute atomic E-state index is 13.5. The van der Waals surface area contributed by atoms with Gasteiger partial charge < -0.3 is 25.1 Å². The van der Waals surface area contributed by atoms with Gasteiger partial charge in [0.15, 0.2) is 11.5 Å². The molecule has 3 aromatic heterocycles. The highest BCUT2D eigenvalue weighted by Gasteiger charge is 2.47. The number of primary amides is 1. The molecule has 3 unspecified atom stereocenters. The SMILES string of the molecule is NC(=O)c1cc([C@@H]2C[C@@H]3COP(=O)(SS)OCC4[C@@H](CO[PH](=O)OC[C@H]32)C[C@H]4n2cnc3c(N)ncnc32)ccn1. The molecule has 3 aromatic rings. The zero-order valence-electron chi connectivity index (χ0n) is 21.6. The van der Waals surface area contributed by atoms with Crippen LogP contribution >= 0.6 is 37.1 Å². The van der Waals surface area contributed by atoms with E-state index < -0.39 is 21.0 Å². The lowest BCUT2D eigenvalue weighted by Gasteiger charge is -2.46. The van der Waals surface area contributed by atoms with E-state index in [2.05, 4.69) is 31.6 Å². The molecular formula is C23H29N7O7P2S2. The molecule has 3 fully saturated rings. The van der Waals surface area contributed by atoms with Gasteiger partial charge in [0.1, 0.15) is 17.5 Å². The second-order valence-electron chi connectivity index (χ2n) is 10.4. The minimum atomic E-state index is -3.61. The summed E-state index contributed by atoms with van der Waals surface area (Å²) in [6.45, 7) is -3.07. The Balaban J connectivity index is 1.19. The number of fused-ring (bicyclic) bond motifs is 3. The number of hydrogen-bond acceptors (Lipinski definition) is 14. The van der Waals surface area contributed by atoms with Crippen molar-refractivity contribution in [2.75, 3.05) is 32.2 Å². The van der Waals surface area contributed by atoms with Crippen LogP contribution in [0.25, 0.3) is 11.2 Å². The van der Waals surface area contributed by atoms with E-state index in [4.69, 9.17) is 29.6 Å². The van der Waals surface area contributed by atoms with Gasteiger partial charge in [0.2, 0.25) is 0 Å². The van der Waals surface area contributed by atoms with Crippen LogP contribution in [0.15, 0.2) is 31.0 Å². The third kappa shape index (κ3) is 5.81. The Bertz CT molecular complexity index is 1530. The summed E-state index contributed by atoms with van der Waals surface area (Å²) < 4.78 is 51.4. The number of pyridine rings is 1. The van der Waals surface area contributed by atoms with Gasteiger partial charge in [0, 0.05) is 28.6 Å². The number of carbonyl (C=O) groups excluding carboxylic acids is 1. The third-order valence-electron chi connectivity index (χ3n) is 8.31. The molecule has 2 saturated carbocycles. The van der Waals surface area contributed by atoms with Gasteiger partial charge in [-0.25, -0.2) is 19.5 Å². The van der Waals surface area contributed by atoms with E-state index in [1.54, 1.807) is 12.4 Å². The van der Waals surface area contributed by atoms with E-state index in [-0.39, 0.29) is 73.6 Å². The standard InChI is InChI=1S/C23H29N7O7P2S2/c24-21-20-23(28-10-27-21)30(11-29-20)19-5-14-6-34-38(32)35-8-16-13(7-36-39(33,41-40)37-9-17(14)19)3-15(16)12-1-2-26-18(4-12)22(25)31/h1-2,4,10-11,13-17,19,38,40H,3,5-9H2,(H2,25,31)(H2,24,27,28)/t13-,14-,15+,16-,17?,19-,39?/m1/s1. The first-order valence-electron chi connectivity index (χ1n) is 13.0. The first-order valence-corrected chi connectivity index (χ1v) is 18.2. The summed E-state index contributed by atoms with van der Waals surface area (Å²) in [6.07, 6.45) is 5.90. The first kappa shape index (κ1) is 29.1. The molecule has 6 rings (SSSR count). The maximum atomic E-state index is 13.5. The highest BCUT2D eigenvalue weighted by atomic mass is 33.3. The van der Waals surface area contributed by atoms with Gasteiger partial charge in [-0.3, -0.25) is 23.4 Å². The van der Waals surface area contributed by atoms with Crippen LogP contribution in [-0.4, -0.2) is 56.8 Å². The number of thiol groups is 1. The summed E-state index contributed by atoms with van der Waals surface area (Å²) in [5.41, 5.74) is 13.5. The Morgan fingerprint density at radius 3 is 2.66 bits per heavy atom. The molecule has 1 amide bonds. The van der Waals surface area contributed by atoms with Crippen LogP contribution in [0, 0.1) is 23.7 Å². The molecule has 4 N–H and O–H groups in total. The van der Waals surface area contributed by atoms with Crippen LogP contribution in [0.3, 0.4) is 0 Å². The number of nitrogens with zero attached hydrogens (tertiary/aromatic N) is 5. The van der Waals surface area contributed by atoms with Gasteiger partial charge >= 0.3 is 15.1 Å². The zero-order chi connectivity index (χ0) is 28.7. The Hall–Kier alpha value is -2.03. The zero-order valence-corrected chi connectivity index (χ0v) is 25.3. The van der Waals surface area contributed by atoms with E-state index in [0.717, 1.165) is 16.0 Å². The summed E-state index contributed by atoms with van der Waals surface area (Å²) >= 11 is 4.20. The molecule has 14 nitrogen and oxygen atoms in total. The number of aromatic nitrogens is 5. The predicted molar refractivity (Wildman–Crippen MR) is 154 cm³/mol. The van der Waals surface area contributed by atoms with Crippen molar-refractivity contribution < 1.29 is 32.0 Å². The van der Waals surface area contributed by atoms with E-state index in [1.165, 1.54) is 12.5 Å². The van der Waals surface area contributed by atoms with Crippen molar-refractivity contribution in [3.8, 4) is 0 Å². The molecule has 0 radical (unpaired) electrons. The number of anilines is 1. The molecule has 1 aliphatic heterocycles. The van der Waals surface area contributed by atoms with Crippen molar-refractivity contribution in [1.29, 1.82) is 0 Å². The van der Waals surface area contributed by atoms with Crippen molar-refractivity contribution in [2.24, 2.45) is 29.4 Å². The molecule has 220 valence electrons. The fourth-order valence-electron chi connectivity index (χ4n) is 5.93. The number of nitrogen functional groups attached to an aromatic ring is 1. The number of nitrogens with two attached hydrogens (primary N) is 2. The van der Waals surface area contributed by atoms with Crippen LogP contribution in [0.2, 0.25) is 0 Å². The lowest BCUT2D eigenvalue weighted by Crippen LogP contribution is -2.43. The van der Waals surface area contributed by atoms with Crippen LogP contribution in [-0.2, 0) is 27.2 Å². The normalized spacial score (nSPS) is 34.4. The molecule has 0 bridgehead atoms. The molecule has 0 spiro atoms. The summed E-state index contributed by atoms with van der Waals surface area (Å²) in [6, 6.07) is 3.37. The molecule has 3 aliphatic rings. The Morgan fingerprint density at radius 2 is 1.85 bits per heavy atom. The van der Waals surface area contributed by atoms with E-state index in [9.17, 15) is 13.9 Å². The van der Waals surface area contributed by atoms with Crippen LogP contribution in [0.1, 0.15) is 40.9 Å². The Labute approximate surface area is 244 Å². The van der Waals surface area contributed by atoms with Gasteiger partial charge in [-0.15, -0.1) is 0 Å². The largest absolute Gasteiger partial charge is 0.399 e. The average Bonchev–Trinajstić information content (AvgIpc) is 3.36. The van der Waals surface area contributed by atoms with Crippen LogP contribution in [0.4, 0.5) is 5.82 Å². The molecular weight excluding hydrogens is 612 g/mol. The quantitative estimate of drug-likeness (QED) is 0.212. The number of imidazole rings is 1. The minimum absolute atomic E-state index is 0.0176. The van der Waals surface area contributed by atoms with Crippen LogP contribution < -0.4 is 11.5 Å². The third-order valence-corrected chi connectivity index (χ3v) is 13.3. The van der Waals surface area contributed by atoms with Crippen molar-refractivity contribution in [2.45, 2.75) is 24.8 Å². The minimum Gasteiger partial charge on any atom is -0.382 e. The second-order valence-corrected chi connectivity index (χ2v) is 16.4. The smallest absolute Gasteiger partial charge is 0.382 e. The number of rotatable bonds is 4. The monoisotopic (exact) mass is 641 g/mol. The van der Waals surface area contributed by atoms with E-state index in [1.807, 2.05) is 10.6 Å². The highest BCUT2D eigenvalue weighted by molar-refractivity contribution is 8.93. The summed E-state index contributed by atoms with van der Waals surface area (Å²) in [7, 11) is -2.04. The van der Waals surface area contributed by atoms with Gasteiger partial charge in [0.05, 0.1) is 32.8 Å². The van der Waals surface area contributed by atoms with Crippen molar-refractivity contribution in [3.63, 3.8) is 0 Å². The predicted octanol–water partition coefficient (Wildman–Crippen LogP) is 3.66. The molecule has 1 saturated heterocycles. The van der Waals surface area contributed by atoms with E-state index in [0.29, 0.717) is 24.0 Å². The van der Waals surface area contributed by atoms with Gasteiger partial charge in [0.25, 0.3) is 5.91 Å². The lowest BCUT2D eigenvalue weighted by atomic mass is 9.63. The molecule has 4 heterocycles. The fourth-order valence-corrected chi connectivity index (χ4v) is 9.08. The molecule has 18 heteroatoms. The highest BCUT2D eigenvalue weighted by Crippen LogP contribution is 2.65. The number of hydrogen-bond donors (Lipinski definition) is 3. The summed E-state index contributed by atoms with van der Waals surface area (Å²) in [5.74, 6) is -0.755. The average molecular weight is 642 g/mol. The second kappa shape index (κ2) is 11.9. The summed E-state index contributed by atoms with van der Waals surface area (Å²) in [4.78, 5) is 28.3. The van der Waals surface area contributed by atoms with Gasteiger partial charge in [-0.05, 0) is 54.2 Å². The van der Waals surface area contributed by atoms with Gasteiger partial charge in [-0.2, -0.15) is 0 Å². The fraction of sp³-hybridized carbons (Fsp3) is 0.522. The number of carbonyl (C=O) groups is 1. The Kier molecular flexibility index (Phi) is 8.45. The number of amides is 1. The molecule has 8 atom stereocenters. The summed E-state index contributed by atoms with van der Waals surface area (Å²) in [5, 5.41) is 0. The molecule has 41 heavy (non-hydrogen) atoms. The van der Waals surface area contributed by atoms with Crippen molar-refractivity contribution >= 4 is 60.0 Å². The van der Waals surface area contributed by atoms with Crippen molar-refractivity contribution in [1.82, 2.24) is 24.5 Å².